The van der Waals surface area contributed by atoms with Crippen LogP contribution in [0, 0.1) is 0 Å². The first-order valence-electron chi connectivity index (χ1n) is 6.46. The average Bonchev–Trinajstić information content (AvgIpc) is 2.42. The quantitative estimate of drug-likeness (QED) is 0.763. The number of rotatable bonds is 8. The molecule has 1 aromatic rings. The van der Waals surface area contributed by atoms with E-state index in [1.807, 2.05) is 18.2 Å². The maximum Gasteiger partial charge on any atom is 0.408 e. The van der Waals surface area contributed by atoms with Gasteiger partial charge in [-0.05, 0) is 18.6 Å². The zero-order valence-electron chi connectivity index (χ0n) is 11.4. The SMILES string of the molecule is CCCN(C(=O)O)C(CCOc1ccccc1)C(=O)O. The first-order valence-corrected chi connectivity index (χ1v) is 6.46. The number of carboxylic acids is 1. The third kappa shape index (κ3) is 4.79. The second-order valence-electron chi connectivity index (χ2n) is 4.28. The second kappa shape index (κ2) is 8.04. The minimum atomic E-state index is -1.22. The first kappa shape index (κ1) is 15.8. The average molecular weight is 281 g/mol. The van der Waals surface area contributed by atoms with Crippen molar-refractivity contribution < 1.29 is 24.5 Å². The van der Waals surface area contributed by atoms with Gasteiger partial charge in [0.05, 0.1) is 6.61 Å². The highest BCUT2D eigenvalue weighted by atomic mass is 16.5. The number of ether oxygens (including phenoxy) is 1. The highest BCUT2D eigenvalue weighted by Gasteiger charge is 2.28. The van der Waals surface area contributed by atoms with Gasteiger partial charge in [0.15, 0.2) is 0 Å². The topological polar surface area (TPSA) is 87.1 Å². The number of hydrogen-bond donors (Lipinski definition) is 2. The molecule has 0 aliphatic rings. The van der Waals surface area contributed by atoms with Crippen molar-refractivity contribution in [3.05, 3.63) is 30.3 Å². The smallest absolute Gasteiger partial charge is 0.408 e. The fourth-order valence-electron chi connectivity index (χ4n) is 1.84. The number of nitrogens with zero attached hydrogens (tertiary/aromatic N) is 1. The van der Waals surface area contributed by atoms with E-state index in [4.69, 9.17) is 14.9 Å². The molecule has 0 aliphatic heterocycles. The van der Waals surface area contributed by atoms with Crippen molar-refractivity contribution >= 4 is 12.1 Å². The molecule has 0 saturated heterocycles. The molecule has 0 fully saturated rings. The standard InChI is InChI=1S/C14H19NO5/c1-2-9-15(14(18)19)12(13(16)17)8-10-20-11-6-4-3-5-7-11/h3-7,12H,2,8-10H2,1H3,(H,16,17)(H,18,19). The Hall–Kier alpha value is -2.24. The van der Waals surface area contributed by atoms with Crippen LogP contribution in [-0.2, 0) is 4.79 Å². The Kier molecular flexibility index (Phi) is 6.36. The van der Waals surface area contributed by atoms with E-state index >= 15 is 0 Å². The molecule has 0 aromatic heterocycles. The summed E-state index contributed by atoms with van der Waals surface area (Å²) in [6, 6.07) is 7.90. The molecular formula is C14H19NO5. The summed E-state index contributed by atoms with van der Waals surface area (Å²) in [6.07, 6.45) is -0.550. The van der Waals surface area contributed by atoms with E-state index in [0.29, 0.717) is 12.2 Å². The maximum atomic E-state index is 11.2. The zero-order valence-corrected chi connectivity index (χ0v) is 11.4. The molecular weight excluding hydrogens is 262 g/mol. The lowest BCUT2D eigenvalue weighted by molar-refractivity contribution is -0.143. The highest BCUT2D eigenvalue weighted by Crippen LogP contribution is 2.11. The molecule has 1 unspecified atom stereocenters. The second-order valence-corrected chi connectivity index (χ2v) is 4.28. The summed E-state index contributed by atoms with van der Waals surface area (Å²) in [5.74, 6) is -0.522. The van der Waals surface area contributed by atoms with E-state index in [1.54, 1.807) is 19.1 Å². The lowest BCUT2D eigenvalue weighted by Gasteiger charge is -2.25. The lowest BCUT2D eigenvalue weighted by atomic mass is 10.2. The summed E-state index contributed by atoms with van der Waals surface area (Å²) in [5.41, 5.74) is 0. The van der Waals surface area contributed by atoms with Crippen LogP contribution >= 0.6 is 0 Å². The molecule has 1 rings (SSSR count). The van der Waals surface area contributed by atoms with Gasteiger partial charge in [-0.3, -0.25) is 4.90 Å². The zero-order chi connectivity index (χ0) is 15.0. The molecule has 1 aromatic carbocycles. The van der Waals surface area contributed by atoms with E-state index < -0.39 is 18.1 Å². The molecule has 0 radical (unpaired) electrons. The van der Waals surface area contributed by atoms with Gasteiger partial charge in [-0.1, -0.05) is 25.1 Å². The van der Waals surface area contributed by atoms with Crippen LogP contribution < -0.4 is 4.74 Å². The molecule has 1 atom stereocenters. The summed E-state index contributed by atoms with van der Waals surface area (Å²) >= 11 is 0. The lowest BCUT2D eigenvalue weighted by Crippen LogP contribution is -2.45. The van der Waals surface area contributed by atoms with E-state index in [9.17, 15) is 9.59 Å². The van der Waals surface area contributed by atoms with Crippen LogP contribution in [0.5, 0.6) is 5.75 Å². The van der Waals surface area contributed by atoms with Crippen LogP contribution in [-0.4, -0.2) is 46.4 Å². The van der Waals surface area contributed by atoms with Gasteiger partial charge in [-0.2, -0.15) is 0 Å². The number of carbonyl (C=O) groups is 2. The Bertz CT molecular complexity index is 434. The summed E-state index contributed by atoms with van der Waals surface area (Å²) in [7, 11) is 0. The Morgan fingerprint density at radius 2 is 1.90 bits per heavy atom. The molecule has 0 bridgehead atoms. The third-order valence-corrected chi connectivity index (χ3v) is 2.77. The Labute approximate surface area is 117 Å². The molecule has 0 heterocycles. The van der Waals surface area contributed by atoms with Crippen LogP contribution in [0.2, 0.25) is 0 Å². The number of para-hydroxylation sites is 1. The first-order chi connectivity index (χ1) is 9.56. The molecule has 6 nitrogen and oxygen atoms in total. The van der Waals surface area contributed by atoms with Gasteiger partial charge in [-0.25, -0.2) is 9.59 Å². The van der Waals surface area contributed by atoms with Crippen molar-refractivity contribution in [3.8, 4) is 5.75 Å². The number of aliphatic carboxylic acids is 1. The molecule has 0 saturated carbocycles. The van der Waals surface area contributed by atoms with Crippen LogP contribution in [0.25, 0.3) is 0 Å². The van der Waals surface area contributed by atoms with Crippen molar-refractivity contribution in [2.24, 2.45) is 0 Å². The monoisotopic (exact) mass is 281 g/mol. The fourth-order valence-corrected chi connectivity index (χ4v) is 1.84. The van der Waals surface area contributed by atoms with Gasteiger partial charge in [0.1, 0.15) is 11.8 Å². The van der Waals surface area contributed by atoms with Gasteiger partial charge in [0, 0.05) is 13.0 Å². The van der Waals surface area contributed by atoms with E-state index in [1.165, 1.54) is 0 Å². The summed E-state index contributed by atoms with van der Waals surface area (Å²) in [6.45, 7) is 2.14. The van der Waals surface area contributed by atoms with Gasteiger partial charge in [0.2, 0.25) is 0 Å². The minimum Gasteiger partial charge on any atom is -0.494 e. The molecule has 20 heavy (non-hydrogen) atoms. The number of hydrogen-bond acceptors (Lipinski definition) is 3. The molecule has 1 amide bonds. The predicted molar refractivity (Wildman–Crippen MR) is 73.0 cm³/mol. The summed E-state index contributed by atoms with van der Waals surface area (Å²) in [4.78, 5) is 23.2. The van der Waals surface area contributed by atoms with Gasteiger partial charge < -0.3 is 14.9 Å². The normalized spacial score (nSPS) is 11.7. The van der Waals surface area contributed by atoms with Gasteiger partial charge in [-0.15, -0.1) is 0 Å². The Morgan fingerprint density at radius 3 is 2.40 bits per heavy atom. The fraction of sp³-hybridized carbons (Fsp3) is 0.429. The van der Waals surface area contributed by atoms with Crippen molar-refractivity contribution in [2.75, 3.05) is 13.2 Å². The van der Waals surface area contributed by atoms with E-state index in [-0.39, 0.29) is 19.6 Å². The summed E-state index contributed by atoms with van der Waals surface area (Å²) in [5, 5.41) is 18.2. The predicted octanol–water partition coefficient (Wildman–Crippen LogP) is 2.30. The molecule has 6 heteroatoms. The molecule has 0 spiro atoms. The number of carboxylic acid groups (broad SMARTS) is 2. The largest absolute Gasteiger partial charge is 0.494 e. The summed E-state index contributed by atoms with van der Waals surface area (Å²) < 4.78 is 5.41. The van der Waals surface area contributed by atoms with Crippen LogP contribution in [0.15, 0.2) is 30.3 Å². The minimum absolute atomic E-state index is 0.108. The Balaban J connectivity index is 2.58. The van der Waals surface area contributed by atoms with Crippen LogP contribution in [0.4, 0.5) is 4.79 Å². The number of benzene rings is 1. The maximum absolute atomic E-state index is 11.2. The van der Waals surface area contributed by atoms with E-state index in [2.05, 4.69) is 0 Å². The Morgan fingerprint density at radius 1 is 1.25 bits per heavy atom. The van der Waals surface area contributed by atoms with Crippen molar-refractivity contribution in [1.29, 1.82) is 0 Å². The number of amides is 1. The van der Waals surface area contributed by atoms with Gasteiger partial charge >= 0.3 is 12.1 Å². The van der Waals surface area contributed by atoms with Crippen molar-refractivity contribution in [3.63, 3.8) is 0 Å². The third-order valence-electron chi connectivity index (χ3n) is 2.77. The van der Waals surface area contributed by atoms with Crippen LogP contribution in [0.3, 0.4) is 0 Å². The molecule has 0 aliphatic carbocycles. The van der Waals surface area contributed by atoms with Gasteiger partial charge in [0.25, 0.3) is 0 Å². The molecule has 2 N–H and O–H groups in total. The molecule has 110 valence electrons. The van der Waals surface area contributed by atoms with E-state index in [0.717, 1.165) is 4.90 Å². The van der Waals surface area contributed by atoms with Crippen molar-refractivity contribution in [2.45, 2.75) is 25.8 Å². The highest BCUT2D eigenvalue weighted by molar-refractivity contribution is 5.79. The van der Waals surface area contributed by atoms with Crippen molar-refractivity contribution in [1.82, 2.24) is 4.90 Å². The van der Waals surface area contributed by atoms with Crippen LogP contribution in [0.1, 0.15) is 19.8 Å².